The second-order valence-electron chi connectivity index (χ2n) is 5.44. The quantitative estimate of drug-likeness (QED) is 0.798. The highest BCUT2D eigenvalue weighted by Crippen LogP contribution is 2.26. The van der Waals surface area contributed by atoms with Crippen LogP contribution in [0.3, 0.4) is 0 Å². The molecule has 1 aromatic heterocycles. The molecular formula is C14H23N3O. The third-order valence-electron chi connectivity index (χ3n) is 4.22. The summed E-state index contributed by atoms with van der Waals surface area (Å²) in [4.78, 5) is 14.9. The Morgan fingerprint density at radius 3 is 2.61 bits per heavy atom. The molecule has 4 nitrogen and oxygen atoms in total. The van der Waals surface area contributed by atoms with Crippen molar-refractivity contribution in [1.82, 2.24) is 14.7 Å². The Morgan fingerprint density at radius 2 is 2.11 bits per heavy atom. The number of aryl methyl sites for hydroxylation is 1. The summed E-state index contributed by atoms with van der Waals surface area (Å²) in [6, 6.07) is 0. The molecule has 0 amide bonds. The fourth-order valence-electron chi connectivity index (χ4n) is 2.75. The van der Waals surface area contributed by atoms with Gasteiger partial charge >= 0.3 is 0 Å². The van der Waals surface area contributed by atoms with Gasteiger partial charge in [0.25, 0.3) is 0 Å². The maximum absolute atomic E-state index is 12.6. The standard InChI is InChI=1S/C14H23N3O/c1-4-14(2,17-7-5-6-8-17)13(18)9-12-10-15-16(3)11-12/h10-11H,4-9H2,1-3H3. The van der Waals surface area contributed by atoms with Crippen molar-refractivity contribution in [2.75, 3.05) is 13.1 Å². The van der Waals surface area contributed by atoms with E-state index in [-0.39, 0.29) is 5.54 Å². The minimum atomic E-state index is -0.299. The number of aromatic nitrogens is 2. The van der Waals surface area contributed by atoms with E-state index in [1.54, 1.807) is 10.9 Å². The summed E-state index contributed by atoms with van der Waals surface area (Å²) < 4.78 is 1.75. The summed E-state index contributed by atoms with van der Waals surface area (Å²) in [5.41, 5.74) is 0.716. The van der Waals surface area contributed by atoms with Crippen LogP contribution in [0.25, 0.3) is 0 Å². The second kappa shape index (κ2) is 5.22. The summed E-state index contributed by atoms with van der Waals surface area (Å²) in [6.07, 6.45) is 7.53. The van der Waals surface area contributed by atoms with Gasteiger partial charge in [-0.05, 0) is 44.8 Å². The highest BCUT2D eigenvalue weighted by atomic mass is 16.1. The Balaban J connectivity index is 2.09. The Labute approximate surface area is 109 Å². The highest BCUT2D eigenvalue weighted by Gasteiger charge is 2.38. The molecule has 1 aliphatic rings. The molecule has 18 heavy (non-hydrogen) atoms. The number of rotatable bonds is 5. The van der Waals surface area contributed by atoms with Gasteiger partial charge in [0.05, 0.1) is 11.7 Å². The van der Waals surface area contributed by atoms with Crippen LogP contribution < -0.4 is 0 Å². The molecule has 1 fully saturated rings. The number of likely N-dealkylation sites (tertiary alicyclic amines) is 1. The monoisotopic (exact) mass is 249 g/mol. The summed E-state index contributed by atoms with van der Waals surface area (Å²) in [5.74, 6) is 0.319. The van der Waals surface area contributed by atoms with Gasteiger partial charge < -0.3 is 0 Å². The Kier molecular flexibility index (Phi) is 3.85. The third kappa shape index (κ3) is 2.48. The second-order valence-corrected chi connectivity index (χ2v) is 5.44. The first-order valence-corrected chi connectivity index (χ1v) is 6.82. The van der Waals surface area contributed by atoms with Gasteiger partial charge in [0.15, 0.2) is 5.78 Å². The van der Waals surface area contributed by atoms with Crippen molar-refractivity contribution in [2.45, 2.75) is 45.1 Å². The molecule has 100 valence electrons. The normalized spacial score (nSPS) is 19.9. The lowest BCUT2D eigenvalue weighted by Crippen LogP contribution is -2.51. The minimum Gasteiger partial charge on any atom is -0.297 e. The number of carbonyl (C=O) groups excluding carboxylic acids is 1. The van der Waals surface area contributed by atoms with Gasteiger partial charge in [0, 0.05) is 19.7 Å². The smallest absolute Gasteiger partial charge is 0.157 e. The minimum absolute atomic E-state index is 0.299. The molecule has 1 aromatic rings. The summed E-state index contributed by atoms with van der Waals surface area (Å²) in [7, 11) is 1.88. The first-order chi connectivity index (χ1) is 8.56. The molecule has 1 saturated heterocycles. The van der Waals surface area contributed by atoms with Crippen molar-refractivity contribution in [1.29, 1.82) is 0 Å². The van der Waals surface area contributed by atoms with Crippen molar-refractivity contribution in [2.24, 2.45) is 7.05 Å². The van der Waals surface area contributed by atoms with Gasteiger partial charge in [-0.15, -0.1) is 0 Å². The zero-order valence-corrected chi connectivity index (χ0v) is 11.6. The van der Waals surface area contributed by atoms with Gasteiger partial charge in [-0.3, -0.25) is 14.4 Å². The molecule has 0 aromatic carbocycles. The highest BCUT2D eigenvalue weighted by molar-refractivity contribution is 5.89. The molecule has 2 heterocycles. The van der Waals surface area contributed by atoms with Gasteiger partial charge in [-0.2, -0.15) is 5.10 Å². The fourth-order valence-corrected chi connectivity index (χ4v) is 2.75. The largest absolute Gasteiger partial charge is 0.297 e. The maximum Gasteiger partial charge on any atom is 0.157 e. The lowest BCUT2D eigenvalue weighted by molar-refractivity contribution is -0.129. The van der Waals surface area contributed by atoms with E-state index in [0.717, 1.165) is 25.1 Å². The van der Waals surface area contributed by atoms with Crippen LogP contribution in [0.2, 0.25) is 0 Å². The molecule has 0 N–H and O–H groups in total. The molecule has 0 bridgehead atoms. The number of ketones is 1. The van der Waals surface area contributed by atoms with Crippen LogP contribution in [0, 0.1) is 0 Å². The first-order valence-electron chi connectivity index (χ1n) is 6.82. The predicted molar refractivity (Wildman–Crippen MR) is 71.4 cm³/mol. The molecular weight excluding hydrogens is 226 g/mol. The van der Waals surface area contributed by atoms with E-state index in [1.165, 1.54) is 12.8 Å². The van der Waals surface area contributed by atoms with E-state index in [4.69, 9.17) is 0 Å². The zero-order valence-electron chi connectivity index (χ0n) is 11.6. The van der Waals surface area contributed by atoms with Gasteiger partial charge in [-0.25, -0.2) is 0 Å². The molecule has 1 atom stereocenters. The molecule has 0 spiro atoms. The predicted octanol–water partition coefficient (Wildman–Crippen LogP) is 1.80. The fraction of sp³-hybridized carbons (Fsp3) is 0.714. The summed E-state index contributed by atoms with van der Waals surface area (Å²) in [6.45, 7) is 6.32. The van der Waals surface area contributed by atoms with Gasteiger partial charge in [-0.1, -0.05) is 6.92 Å². The van der Waals surface area contributed by atoms with E-state index >= 15 is 0 Å². The van der Waals surface area contributed by atoms with E-state index in [1.807, 2.05) is 13.2 Å². The van der Waals surface area contributed by atoms with Crippen LogP contribution >= 0.6 is 0 Å². The van der Waals surface area contributed by atoms with E-state index in [0.29, 0.717) is 12.2 Å². The lowest BCUT2D eigenvalue weighted by Gasteiger charge is -2.36. The van der Waals surface area contributed by atoms with Crippen molar-refractivity contribution >= 4 is 5.78 Å². The number of nitrogens with zero attached hydrogens (tertiary/aromatic N) is 3. The molecule has 4 heteroatoms. The van der Waals surface area contributed by atoms with E-state index < -0.39 is 0 Å². The summed E-state index contributed by atoms with van der Waals surface area (Å²) >= 11 is 0. The number of Topliss-reactive ketones (excluding diaryl/α,β-unsaturated/α-hetero) is 1. The van der Waals surface area contributed by atoms with Crippen molar-refractivity contribution in [3.63, 3.8) is 0 Å². The number of hydrogen-bond acceptors (Lipinski definition) is 3. The van der Waals surface area contributed by atoms with Gasteiger partial charge in [0.2, 0.25) is 0 Å². The topological polar surface area (TPSA) is 38.1 Å². The zero-order chi connectivity index (χ0) is 13.2. The van der Waals surface area contributed by atoms with Gasteiger partial charge in [0.1, 0.15) is 0 Å². The molecule has 1 aliphatic heterocycles. The van der Waals surface area contributed by atoms with Crippen LogP contribution in [-0.2, 0) is 18.3 Å². The molecule has 0 radical (unpaired) electrons. The molecule has 0 aliphatic carbocycles. The molecule has 1 unspecified atom stereocenters. The van der Waals surface area contributed by atoms with Crippen LogP contribution in [0.5, 0.6) is 0 Å². The molecule has 2 rings (SSSR count). The van der Waals surface area contributed by atoms with E-state index in [9.17, 15) is 4.79 Å². The SMILES string of the molecule is CCC(C)(C(=O)Cc1cnn(C)c1)N1CCCC1. The van der Waals surface area contributed by atoms with E-state index in [2.05, 4.69) is 23.8 Å². The average molecular weight is 249 g/mol. The lowest BCUT2D eigenvalue weighted by atomic mass is 9.88. The van der Waals surface area contributed by atoms with Crippen molar-refractivity contribution in [3.05, 3.63) is 18.0 Å². The summed E-state index contributed by atoms with van der Waals surface area (Å²) in [5, 5.41) is 4.13. The van der Waals surface area contributed by atoms with Crippen LogP contribution in [-0.4, -0.2) is 39.1 Å². The Hall–Kier alpha value is -1.16. The van der Waals surface area contributed by atoms with Crippen molar-refractivity contribution in [3.8, 4) is 0 Å². The van der Waals surface area contributed by atoms with Crippen LogP contribution in [0.1, 0.15) is 38.7 Å². The molecule has 0 saturated carbocycles. The van der Waals surface area contributed by atoms with Crippen LogP contribution in [0.4, 0.5) is 0 Å². The first kappa shape index (κ1) is 13.3. The maximum atomic E-state index is 12.6. The number of carbonyl (C=O) groups is 1. The van der Waals surface area contributed by atoms with Crippen molar-refractivity contribution < 1.29 is 4.79 Å². The Bertz CT molecular complexity index is 420. The Morgan fingerprint density at radius 1 is 1.44 bits per heavy atom. The third-order valence-corrected chi connectivity index (χ3v) is 4.22. The number of hydrogen-bond donors (Lipinski definition) is 0. The van der Waals surface area contributed by atoms with Crippen LogP contribution in [0.15, 0.2) is 12.4 Å². The average Bonchev–Trinajstić information content (AvgIpc) is 2.99.